The van der Waals surface area contributed by atoms with Crippen LogP contribution in [0.3, 0.4) is 0 Å². The molecule has 0 bridgehead atoms. The Labute approximate surface area is 150 Å². The van der Waals surface area contributed by atoms with Gasteiger partial charge in [-0.15, -0.1) is 12.4 Å². The molecule has 1 saturated carbocycles. The van der Waals surface area contributed by atoms with Crippen molar-refractivity contribution in [2.75, 3.05) is 17.5 Å². The van der Waals surface area contributed by atoms with Gasteiger partial charge < -0.3 is 11.1 Å². The summed E-state index contributed by atoms with van der Waals surface area (Å²) < 4.78 is 25.3. The van der Waals surface area contributed by atoms with Crippen LogP contribution in [0.5, 0.6) is 0 Å². The first-order valence-electron chi connectivity index (χ1n) is 7.89. The number of hydrogen-bond donors (Lipinski definition) is 3. The zero-order chi connectivity index (χ0) is 17.0. The number of rotatable bonds is 5. The highest BCUT2D eigenvalue weighted by Gasteiger charge is 2.25. The highest BCUT2D eigenvalue weighted by molar-refractivity contribution is 7.92. The third-order valence-corrected chi connectivity index (χ3v) is 4.91. The van der Waals surface area contributed by atoms with Crippen molar-refractivity contribution in [3.05, 3.63) is 29.3 Å². The molecule has 1 aromatic carbocycles. The van der Waals surface area contributed by atoms with Crippen molar-refractivity contribution >= 4 is 34.0 Å². The fraction of sp³-hybridized carbons (Fsp3) is 0.562. The minimum Gasteiger partial charge on any atom is -0.349 e. The molecule has 6 nitrogen and oxygen atoms in total. The smallest absolute Gasteiger partial charge is 0.251 e. The molecule has 1 aliphatic carbocycles. The van der Waals surface area contributed by atoms with E-state index in [0.29, 0.717) is 23.7 Å². The van der Waals surface area contributed by atoms with E-state index >= 15 is 0 Å². The number of halogens is 1. The Bertz CT molecular complexity index is 679. The Balaban J connectivity index is 0.00000288. The molecule has 136 valence electrons. The van der Waals surface area contributed by atoms with E-state index in [4.69, 9.17) is 5.73 Å². The molecule has 0 heterocycles. The van der Waals surface area contributed by atoms with Gasteiger partial charge in [0.15, 0.2) is 0 Å². The van der Waals surface area contributed by atoms with Gasteiger partial charge in [-0.1, -0.05) is 18.9 Å². The first-order chi connectivity index (χ1) is 10.8. The number of amides is 1. The molecule has 1 fully saturated rings. The molecule has 1 aromatic rings. The minimum atomic E-state index is -3.38. The number of hydrogen-bond acceptors (Lipinski definition) is 4. The van der Waals surface area contributed by atoms with Crippen molar-refractivity contribution in [1.82, 2.24) is 5.32 Å². The van der Waals surface area contributed by atoms with E-state index in [9.17, 15) is 13.2 Å². The van der Waals surface area contributed by atoms with E-state index in [-0.39, 0.29) is 24.4 Å². The molecule has 4 N–H and O–H groups in total. The van der Waals surface area contributed by atoms with E-state index in [1.807, 2.05) is 0 Å². The predicted molar refractivity (Wildman–Crippen MR) is 99.2 cm³/mol. The van der Waals surface area contributed by atoms with Crippen molar-refractivity contribution < 1.29 is 13.2 Å². The van der Waals surface area contributed by atoms with Gasteiger partial charge >= 0.3 is 0 Å². The van der Waals surface area contributed by atoms with Gasteiger partial charge in [-0.3, -0.25) is 9.52 Å². The molecular weight excluding hydrogens is 350 g/mol. The van der Waals surface area contributed by atoms with E-state index in [1.54, 1.807) is 25.1 Å². The molecule has 1 aliphatic rings. The molecule has 2 rings (SSSR count). The number of aryl methyl sites for hydroxylation is 1. The van der Waals surface area contributed by atoms with Gasteiger partial charge in [0.2, 0.25) is 10.0 Å². The van der Waals surface area contributed by atoms with Crippen LogP contribution in [0.15, 0.2) is 18.2 Å². The van der Waals surface area contributed by atoms with E-state index in [2.05, 4.69) is 10.0 Å². The fourth-order valence-electron chi connectivity index (χ4n) is 3.00. The molecule has 2 atom stereocenters. The minimum absolute atomic E-state index is 0. The first kappa shape index (κ1) is 20.7. The van der Waals surface area contributed by atoms with Crippen LogP contribution in [0.2, 0.25) is 0 Å². The zero-order valence-corrected chi connectivity index (χ0v) is 15.7. The maximum absolute atomic E-state index is 12.5. The lowest BCUT2D eigenvalue weighted by Crippen LogP contribution is -2.44. The Hall–Kier alpha value is -1.31. The number of sulfonamides is 1. The number of anilines is 1. The molecule has 0 aromatic heterocycles. The average Bonchev–Trinajstić information content (AvgIpc) is 2.48. The first-order valence-corrected chi connectivity index (χ1v) is 9.78. The highest BCUT2D eigenvalue weighted by Crippen LogP contribution is 2.24. The number of carbonyl (C=O) groups is 1. The summed E-state index contributed by atoms with van der Waals surface area (Å²) in [6.45, 7) is 2.36. The summed E-state index contributed by atoms with van der Waals surface area (Å²) in [5.74, 6) is 0.124. The Morgan fingerprint density at radius 3 is 2.58 bits per heavy atom. The van der Waals surface area contributed by atoms with Crippen LogP contribution in [0.1, 0.15) is 41.6 Å². The molecule has 1 amide bonds. The topological polar surface area (TPSA) is 101 Å². The van der Waals surface area contributed by atoms with Crippen molar-refractivity contribution in [2.45, 2.75) is 38.6 Å². The van der Waals surface area contributed by atoms with Gasteiger partial charge in [-0.2, -0.15) is 0 Å². The number of carbonyl (C=O) groups excluding carboxylic acids is 1. The molecule has 0 spiro atoms. The van der Waals surface area contributed by atoms with Crippen molar-refractivity contribution in [1.29, 1.82) is 0 Å². The van der Waals surface area contributed by atoms with Crippen LogP contribution in [-0.4, -0.2) is 33.2 Å². The second-order valence-corrected chi connectivity index (χ2v) is 8.01. The second-order valence-electron chi connectivity index (χ2n) is 6.26. The largest absolute Gasteiger partial charge is 0.349 e. The van der Waals surface area contributed by atoms with Crippen molar-refractivity contribution in [2.24, 2.45) is 11.7 Å². The summed E-state index contributed by atoms with van der Waals surface area (Å²) in [6, 6.07) is 5.11. The maximum Gasteiger partial charge on any atom is 0.251 e. The summed E-state index contributed by atoms with van der Waals surface area (Å²) in [4.78, 5) is 12.5. The van der Waals surface area contributed by atoms with Crippen molar-refractivity contribution in [3.63, 3.8) is 0 Å². The van der Waals surface area contributed by atoms with Crippen LogP contribution in [0.25, 0.3) is 0 Å². The Morgan fingerprint density at radius 2 is 1.96 bits per heavy atom. The summed E-state index contributed by atoms with van der Waals surface area (Å²) in [7, 11) is -3.38. The monoisotopic (exact) mass is 375 g/mol. The van der Waals surface area contributed by atoms with Crippen LogP contribution >= 0.6 is 12.4 Å². The molecule has 8 heteroatoms. The van der Waals surface area contributed by atoms with Gasteiger partial charge in [-0.25, -0.2) is 8.42 Å². The van der Waals surface area contributed by atoms with E-state index in [0.717, 1.165) is 37.5 Å². The van der Waals surface area contributed by atoms with Gasteiger partial charge in [0, 0.05) is 11.6 Å². The number of nitrogens with one attached hydrogen (secondary N) is 2. The third kappa shape index (κ3) is 5.65. The third-order valence-electron chi connectivity index (χ3n) is 4.32. The van der Waals surface area contributed by atoms with Gasteiger partial charge in [-0.05, 0) is 49.9 Å². The average molecular weight is 376 g/mol. The second kappa shape index (κ2) is 8.69. The normalized spacial score (nSPS) is 20.8. The highest BCUT2D eigenvalue weighted by atomic mass is 35.5. The molecule has 0 saturated heterocycles. The van der Waals surface area contributed by atoms with Crippen LogP contribution < -0.4 is 15.8 Å². The molecule has 2 unspecified atom stereocenters. The van der Waals surface area contributed by atoms with Crippen molar-refractivity contribution in [3.8, 4) is 0 Å². The number of nitrogens with two attached hydrogens (primary N) is 1. The fourth-order valence-corrected chi connectivity index (χ4v) is 3.62. The van der Waals surface area contributed by atoms with Gasteiger partial charge in [0.1, 0.15) is 0 Å². The Morgan fingerprint density at radius 1 is 1.29 bits per heavy atom. The summed E-state index contributed by atoms with van der Waals surface area (Å²) in [6.07, 6.45) is 5.31. The summed E-state index contributed by atoms with van der Waals surface area (Å²) in [5, 5.41) is 3.05. The summed E-state index contributed by atoms with van der Waals surface area (Å²) >= 11 is 0. The van der Waals surface area contributed by atoms with Gasteiger partial charge in [0.25, 0.3) is 5.91 Å². The zero-order valence-electron chi connectivity index (χ0n) is 14.0. The van der Waals surface area contributed by atoms with Crippen LogP contribution in [0, 0.1) is 12.8 Å². The van der Waals surface area contributed by atoms with E-state index < -0.39 is 10.0 Å². The molecule has 0 radical (unpaired) electrons. The van der Waals surface area contributed by atoms with Crippen LogP contribution in [0.4, 0.5) is 5.69 Å². The predicted octanol–water partition coefficient (Wildman–Crippen LogP) is 2.04. The Kier molecular flexibility index (Phi) is 7.51. The van der Waals surface area contributed by atoms with E-state index in [1.165, 1.54) is 0 Å². The molecular formula is C16H26ClN3O3S. The summed E-state index contributed by atoms with van der Waals surface area (Å²) in [5.41, 5.74) is 7.44. The standard InChI is InChI=1S/C16H25N3O3S.ClH/c1-11-7-8-12(9-15(11)19-23(2,21)22)16(20)18-14-6-4-3-5-13(14)10-17;/h7-9,13-14,19H,3-6,10,17H2,1-2H3,(H,18,20);1H. The van der Waals surface area contributed by atoms with Crippen LogP contribution in [-0.2, 0) is 10.0 Å². The SMILES string of the molecule is Cc1ccc(C(=O)NC2CCCCC2CN)cc1NS(C)(=O)=O.Cl. The molecule has 0 aliphatic heterocycles. The lowest BCUT2D eigenvalue weighted by Gasteiger charge is -2.31. The lowest BCUT2D eigenvalue weighted by molar-refractivity contribution is 0.0908. The quantitative estimate of drug-likeness (QED) is 0.732. The lowest BCUT2D eigenvalue weighted by atomic mass is 9.84. The number of benzene rings is 1. The van der Waals surface area contributed by atoms with Gasteiger partial charge in [0.05, 0.1) is 11.9 Å². The maximum atomic E-state index is 12.5. The molecule has 24 heavy (non-hydrogen) atoms.